The maximum absolute atomic E-state index is 14.1. The minimum atomic E-state index is -0.738. The molecule has 11 heteroatoms. The van der Waals surface area contributed by atoms with E-state index in [2.05, 4.69) is 15.6 Å². The summed E-state index contributed by atoms with van der Waals surface area (Å²) in [6.45, 7) is 0.385. The van der Waals surface area contributed by atoms with Gasteiger partial charge in [0.05, 0.1) is 0 Å². The third kappa shape index (κ3) is 4.82. The number of rotatable bonds is 5. The van der Waals surface area contributed by atoms with Gasteiger partial charge in [0, 0.05) is 39.1 Å². The van der Waals surface area contributed by atoms with Crippen molar-refractivity contribution in [3.8, 4) is 5.75 Å². The Morgan fingerprint density at radius 3 is 2.65 bits per heavy atom. The van der Waals surface area contributed by atoms with Gasteiger partial charge >= 0.3 is 11.8 Å². The largest absolute Gasteiger partial charge is 0.501 e. The van der Waals surface area contributed by atoms with Crippen LogP contribution in [0.5, 0.6) is 5.75 Å². The van der Waals surface area contributed by atoms with E-state index in [-0.39, 0.29) is 29.9 Å². The van der Waals surface area contributed by atoms with Crippen molar-refractivity contribution in [2.24, 2.45) is 5.92 Å². The highest BCUT2D eigenvalue weighted by molar-refractivity contribution is 6.34. The highest BCUT2D eigenvalue weighted by atomic mass is 19.1. The lowest BCUT2D eigenvalue weighted by molar-refractivity contribution is -0.144. The van der Waals surface area contributed by atoms with Crippen LogP contribution in [-0.4, -0.2) is 57.4 Å². The summed E-state index contributed by atoms with van der Waals surface area (Å²) in [5.74, 6) is -2.96. The molecule has 3 N–H and O–H groups in total. The second-order valence-electron chi connectivity index (χ2n) is 10.5. The van der Waals surface area contributed by atoms with Gasteiger partial charge in [0.2, 0.25) is 5.75 Å². The third-order valence-corrected chi connectivity index (χ3v) is 7.57. The number of benzene rings is 1. The van der Waals surface area contributed by atoms with Crippen molar-refractivity contribution < 1.29 is 23.9 Å². The van der Waals surface area contributed by atoms with E-state index in [1.54, 1.807) is 12.1 Å². The van der Waals surface area contributed by atoms with Crippen molar-refractivity contribution in [2.45, 2.75) is 63.1 Å². The van der Waals surface area contributed by atoms with Gasteiger partial charge in [-0.25, -0.2) is 9.37 Å². The maximum Gasteiger partial charge on any atom is 0.311 e. The molecule has 0 radical (unpaired) electrons. The van der Waals surface area contributed by atoms with E-state index >= 15 is 0 Å². The highest BCUT2D eigenvalue weighted by Crippen LogP contribution is 2.42. The molecule has 3 amide bonds. The molecule has 2 aromatic rings. The summed E-state index contributed by atoms with van der Waals surface area (Å²) in [5.41, 5.74) is 0.240. The standard InChI is InChI=1S/C26H30FN5O5/c1-31(2)26(37)24(35)29-19-10-14-3-7-16(19)22-30-20(21(33)25(36)32(22)12-14)23(34)28-11-13-4-8-18(27)17(9-13)15-5-6-15/h4,8-9,14-16,19,33H,3,5-7,10-12H2,1-2H3,(H,28,34)(H,29,35). The minimum Gasteiger partial charge on any atom is -0.501 e. The van der Waals surface area contributed by atoms with Crippen LogP contribution in [0.3, 0.4) is 0 Å². The number of nitrogens with one attached hydrogen (secondary N) is 2. The number of carbonyl (C=O) groups is 3. The molecule has 2 aliphatic carbocycles. The Hall–Kier alpha value is -3.76. The lowest BCUT2D eigenvalue weighted by atomic mass is 9.79. The van der Waals surface area contributed by atoms with Crippen molar-refractivity contribution in [2.75, 3.05) is 14.1 Å². The van der Waals surface area contributed by atoms with E-state index in [4.69, 9.17) is 0 Å². The third-order valence-electron chi connectivity index (χ3n) is 7.57. The van der Waals surface area contributed by atoms with Gasteiger partial charge in [-0.2, -0.15) is 0 Å². The molecule has 3 unspecified atom stereocenters. The van der Waals surface area contributed by atoms with Crippen LogP contribution in [0, 0.1) is 11.7 Å². The molecule has 10 nitrogen and oxygen atoms in total. The molecular formula is C26H30FN5O5. The molecule has 3 heterocycles. The van der Waals surface area contributed by atoms with Gasteiger partial charge in [-0.15, -0.1) is 0 Å². The molecule has 4 aliphatic rings. The van der Waals surface area contributed by atoms with Crippen LogP contribution in [0.1, 0.15) is 71.4 Å². The van der Waals surface area contributed by atoms with Crippen LogP contribution < -0.4 is 16.2 Å². The van der Waals surface area contributed by atoms with E-state index in [1.807, 2.05) is 0 Å². The Bertz CT molecular complexity index is 1340. The first kappa shape index (κ1) is 24.9. The summed E-state index contributed by atoms with van der Waals surface area (Å²) in [6.07, 6.45) is 3.84. The maximum atomic E-state index is 14.1. The second kappa shape index (κ2) is 9.60. The van der Waals surface area contributed by atoms with Crippen LogP contribution in [0.15, 0.2) is 23.0 Å². The summed E-state index contributed by atoms with van der Waals surface area (Å²) in [5, 5.41) is 16.0. The van der Waals surface area contributed by atoms with Crippen molar-refractivity contribution in [1.82, 2.24) is 25.1 Å². The molecule has 6 rings (SSSR count). The number of amides is 3. The topological polar surface area (TPSA) is 134 Å². The SMILES string of the molecule is CN(C)C(=O)C(=O)NC1CC2CCC1c1nc(C(=O)NCc3ccc(F)c(C4CC4)c3)c(O)c(=O)n1C2. The van der Waals surface area contributed by atoms with E-state index in [0.717, 1.165) is 19.3 Å². The smallest absolute Gasteiger partial charge is 0.311 e. The predicted molar refractivity (Wildman–Crippen MR) is 130 cm³/mol. The Morgan fingerprint density at radius 1 is 1.19 bits per heavy atom. The number of hydrogen-bond donors (Lipinski definition) is 3. The molecular weight excluding hydrogens is 481 g/mol. The molecule has 0 spiro atoms. The van der Waals surface area contributed by atoms with Gasteiger partial charge in [0.25, 0.3) is 11.5 Å². The van der Waals surface area contributed by atoms with Gasteiger partial charge in [-0.3, -0.25) is 23.7 Å². The Labute approximate surface area is 212 Å². The number of nitrogens with zero attached hydrogens (tertiary/aromatic N) is 3. The predicted octanol–water partition coefficient (Wildman–Crippen LogP) is 1.37. The molecule has 2 aliphatic heterocycles. The zero-order valence-electron chi connectivity index (χ0n) is 20.8. The number of halogens is 1. The number of hydrogen-bond acceptors (Lipinski definition) is 6. The first-order valence-corrected chi connectivity index (χ1v) is 12.6. The van der Waals surface area contributed by atoms with Crippen LogP contribution >= 0.6 is 0 Å². The molecule has 2 saturated carbocycles. The van der Waals surface area contributed by atoms with Crippen molar-refractivity contribution in [3.63, 3.8) is 0 Å². The fourth-order valence-electron chi connectivity index (χ4n) is 5.44. The van der Waals surface area contributed by atoms with Gasteiger partial charge < -0.3 is 20.6 Å². The van der Waals surface area contributed by atoms with Crippen molar-refractivity contribution in [3.05, 3.63) is 57.0 Å². The number of aromatic nitrogens is 2. The molecule has 2 bridgehead atoms. The summed E-state index contributed by atoms with van der Waals surface area (Å²) < 4.78 is 15.5. The number of likely N-dealkylation sites (N-methyl/N-ethyl adjacent to an activating group) is 1. The number of fused-ring (bicyclic) bond motifs is 2. The van der Waals surface area contributed by atoms with Crippen LogP contribution in [0.25, 0.3) is 0 Å². The second-order valence-corrected chi connectivity index (χ2v) is 10.5. The van der Waals surface area contributed by atoms with E-state index < -0.39 is 41.0 Å². The van der Waals surface area contributed by atoms with Gasteiger partial charge in [-0.1, -0.05) is 12.1 Å². The average molecular weight is 512 g/mol. The van der Waals surface area contributed by atoms with Crippen molar-refractivity contribution in [1.29, 1.82) is 0 Å². The molecule has 196 valence electrons. The average Bonchev–Trinajstić information content (AvgIpc) is 3.73. The molecule has 2 fully saturated rings. The Balaban J connectivity index is 1.39. The molecule has 3 atom stereocenters. The number of carbonyl (C=O) groups excluding carboxylic acids is 3. The zero-order chi connectivity index (χ0) is 26.4. The van der Waals surface area contributed by atoms with E-state index in [0.29, 0.717) is 36.3 Å². The first-order valence-electron chi connectivity index (χ1n) is 12.6. The highest BCUT2D eigenvalue weighted by Gasteiger charge is 2.41. The van der Waals surface area contributed by atoms with Gasteiger partial charge in [0.1, 0.15) is 11.6 Å². The fraction of sp³-hybridized carbons (Fsp3) is 0.500. The quantitative estimate of drug-likeness (QED) is 0.519. The Morgan fingerprint density at radius 2 is 1.95 bits per heavy atom. The fourth-order valence-corrected chi connectivity index (χ4v) is 5.44. The lowest BCUT2D eigenvalue weighted by Gasteiger charge is -2.32. The van der Waals surface area contributed by atoms with Crippen molar-refractivity contribution >= 4 is 17.7 Å². The van der Waals surface area contributed by atoms with Crippen LogP contribution in [0.2, 0.25) is 0 Å². The Kier molecular flexibility index (Phi) is 6.47. The lowest BCUT2D eigenvalue weighted by Crippen LogP contribution is -2.48. The molecule has 1 aromatic heterocycles. The molecule has 37 heavy (non-hydrogen) atoms. The zero-order valence-corrected chi connectivity index (χ0v) is 20.8. The monoisotopic (exact) mass is 511 g/mol. The van der Waals surface area contributed by atoms with E-state index in [1.165, 1.54) is 29.6 Å². The summed E-state index contributed by atoms with van der Waals surface area (Å²) in [4.78, 5) is 56.3. The van der Waals surface area contributed by atoms with Gasteiger partial charge in [0.15, 0.2) is 5.69 Å². The van der Waals surface area contributed by atoms with Crippen LogP contribution in [-0.2, 0) is 22.7 Å². The molecule has 0 saturated heterocycles. The summed E-state index contributed by atoms with van der Waals surface area (Å²) in [7, 11) is 2.98. The first-order chi connectivity index (χ1) is 17.6. The summed E-state index contributed by atoms with van der Waals surface area (Å²) >= 11 is 0. The van der Waals surface area contributed by atoms with Crippen LogP contribution in [0.4, 0.5) is 4.39 Å². The number of aromatic hydroxyl groups is 1. The summed E-state index contributed by atoms with van der Waals surface area (Å²) in [6, 6.07) is 4.26. The van der Waals surface area contributed by atoms with E-state index in [9.17, 15) is 28.7 Å². The molecule has 1 aromatic carbocycles. The normalized spacial score (nSPS) is 22.1. The minimum absolute atomic E-state index is 0.0509. The van der Waals surface area contributed by atoms with Gasteiger partial charge in [-0.05, 0) is 61.1 Å².